The first-order valence-electron chi connectivity index (χ1n) is 27.0. The van der Waals surface area contributed by atoms with Crippen LogP contribution in [0.1, 0.15) is 37.3 Å². The number of carboxylic acids is 1. The van der Waals surface area contributed by atoms with Crippen molar-refractivity contribution in [2.45, 2.75) is 40.0 Å². The second-order valence-corrected chi connectivity index (χ2v) is 22.7. The van der Waals surface area contributed by atoms with Gasteiger partial charge in [-0.05, 0) is 141 Å². The summed E-state index contributed by atoms with van der Waals surface area (Å²) in [4.78, 5) is 112. The van der Waals surface area contributed by atoms with E-state index in [1.54, 1.807) is 72.8 Å². The Bertz CT molecular complexity index is 4930. The Morgan fingerprint density at radius 2 is 0.807 bits per heavy atom. The van der Waals surface area contributed by atoms with E-state index in [2.05, 4.69) is 98.3 Å². The molecule has 0 fully saturated rings. The molecule has 0 radical (unpaired) electrons. The lowest BCUT2D eigenvalue weighted by molar-refractivity contribution is -0.137. The van der Waals surface area contributed by atoms with E-state index >= 15 is 0 Å². The summed E-state index contributed by atoms with van der Waals surface area (Å²) in [6.07, 6.45) is 0.234. The minimum absolute atomic E-state index is 0.0727. The van der Waals surface area contributed by atoms with E-state index in [1.165, 1.54) is 6.92 Å². The van der Waals surface area contributed by atoms with Crippen molar-refractivity contribution in [2.24, 2.45) is 0 Å². The fourth-order valence-corrected chi connectivity index (χ4v) is 10.2. The van der Waals surface area contributed by atoms with Gasteiger partial charge in [-0.1, -0.05) is 102 Å². The van der Waals surface area contributed by atoms with Crippen molar-refractivity contribution in [1.29, 1.82) is 0 Å². The van der Waals surface area contributed by atoms with Gasteiger partial charge in [0.2, 0.25) is 11.8 Å². The first-order chi connectivity index (χ1) is 42.2. The molecule has 88 heavy (non-hydrogen) atoms. The van der Waals surface area contributed by atoms with Crippen LogP contribution in [0.15, 0.2) is 196 Å². The molecule has 8 aromatic carbocycles. The molecule has 0 unspecified atom stereocenters. The Morgan fingerprint density at radius 3 is 1.27 bits per heavy atom. The Hall–Kier alpha value is -10.2. The highest BCUT2D eigenvalue weighted by atomic mass is 79.9. The number of aromatic amines is 4. The molecule has 0 aliphatic heterocycles. The van der Waals surface area contributed by atoms with Crippen LogP contribution in [0.3, 0.4) is 0 Å². The number of fused-ring (bicyclic) bond motifs is 4. The summed E-state index contributed by atoms with van der Waals surface area (Å²) in [5.41, 5.74) is 24.0. The van der Waals surface area contributed by atoms with E-state index in [1.807, 2.05) is 105 Å². The highest BCUT2D eigenvalue weighted by Gasteiger charge is 2.18. The number of rotatable bonds is 10. The quantitative estimate of drug-likeness (QED) is 0.0575. The number of aliphatic carboxylic acids is 1. The van der Waals surface area contributed by atoms with Gasteiger partial charge in [-0.25, -0.2) is 19.9 Å². The molecule has 0 bridgehead atoms. The van der Waals surface area contributed by atoms with Gasteiger partial charge in [-0.3, -0.25) is 33.6 Å². The van der Waals surface area contributed by atoms with Crippen LogP contribution in [0, 0.1) is 13.8 Å². The molecule has 12 aromatic rings. The third-order valence-corrected chi connectivity index (χ3v) is 14.7. The first kappa shape index (κ1) is 62.3. The third-order valence-electron chi connectivity index (χ3n) is 13.2. The molecule has 12 rings (SSSR count). The molecule has 20 nitrogen and oxygen atoms in total. The zero-order valence-corrected chi connectivity index (χ0v) is 51.9. The molecule has 0 saturated carbocycles. The summed E-state index contributed by atoms with van der Waals surface area (Å²) >= 11 is 10.1. The number of nitrogen functional groups attached to an aromatic ring is 2. The van der Waals surface area contributed by atoms with Gasteiger partial charge in [0, 0.05) is 66.8 Å². The smallest absolute Gasteiger partial charge is 0.303 e. The van der Waals surface area contributed by atoms with Crippen molar-refractivity contribution in [3.8, 4) is 45.0 Å². The lowest BCUT2D eigenvalue weighted by atomic mass is 10.1. The molecule has 4 aromatic heterocycles. The molecular formula is C65H53Br3N12O8. The van der Waals surface area contributed by atoms with Crippen LogP contribution in [0.2, 0.25) is 0 Å². The van der Waals surface area contributed by atoms with Gasteiger partial charge in [0.25, 0.3) is 22.2 Å². The van der Waals surface area contributed by atoms with Crippen LogP contribution in [-0.2, 0) is 14.4 Å². The zero-order valence-electron chi connectivity index (χ0n) is 47.1. The number of halogens is 3. The van der Waals surface area contributed by atoms with Gasteiger partial charge in [-0.15, -0.1) is 0 Å². The largest absolute Gasteiger partial charge is 0.481 e. The van der Waals surface area contributed by atoms with Crippen molar-refractivity contribution in [1.82, 2.24) is 39.9 Å². The number of anilines is 4. The minimum atomic E-state index is -0.945. The Kier molecular flexibility index (Phi) is 19.7. The molecule has 0 aliphatic rings. The van der Waals surface area contributed by atoms with Gasteiger partial charge in [0.15, 0.2) is 0 Å². The monoisotopic (exact) mass is 1370 g/mol. The molecule has 0 aliphatic carbocycles. The van der Waals surface area contributed by atoms with Gasteiger partial charge < -0.3 is 47.1 Å². The number of hydrogen-bond acceptors (Lipinski definition) is 13. The van der Waals surface area contributed by atoms with Crippen LogP contribution < -0.4 is 44.3 Å². The van der Waals surface area contributed by atoms with Crippen LogP contribution in [0.5, 0.6) is 0 Å². The molecular weight excluding hydrogens is 1320 g/mol. The molecule has 0 saturated heterocycles. The lowest BCUT2D eigenvalue weighted by Crippen LogP contribution is -2.16. The fraction of sp³-hybridized carbons (Fsp3) is 0.0923. The Balaban J connectivity index is 0.000000141. The average molecular weight is 1370 g/mol. The number of benzene rings is 8. The standard InChI is InChI=1S/C19H16BrN3O4.C16H12BrN3O2.C15H12BrN3O.C15H13N3O/c20-11-8-9-13(21-16(24)6-3-7-17(25)26)12(10-11)18-19(27)23-15-5-2-1-4-14(15)22-18;1-9(21)18-12-7-6-10(17)8-11(12)15-16(22)20-14-5-3-2-4-13(14)19-15;1-8-2-5-12-13(6-8)19-15(20)14(18-12)10-7-9(16)3-4-11(10)17;1-9-6-7-11(16)10(8-9)14-15(19)18-13-5-3-2-4-12(13)17-14/h1-2,4-5,8-10H,3,6-7H2,(H,21,24)(H,23,27)(H,25,26);2-8H,1H3,(H,18,21)(H,20,22);2-7H,17H2,1H3,(H,19,20);2-8H,16H2,1H3,(H,18,19). The number of carbonyl (C=O) groups is 3. The number of nitrogens with one attached hydrogen (secondary N) is 6. The number of nitrogens with zero attached hydrogens (tertiary/aromatic N) is 4. The van der Waals surface area contributed by atoms with Crippen LogP contribution in [0.25, 0.3) is 89.2 Å². The van der Waals surface area contributed by atoms with Crippen LogP contribution in [-0.4, -0.2) is 62.8 Å². The summed E-state index contributed by atoms with van der Waals surface area (Å²) in [7, 11) is 0. The number of carbonyl (C=O) groups excluding carboxylic acids is 2. The number of H-pyrrole nitrogens is 4. The second kappa shape index (κ2) is 27.9. The van der Waals surface area contributed by atoms with Gasteiger partial charge >= 0.3 is 5.97 Å². The second-order valence-electron chi connectivity index (χ2n) is 19.9. The number of hydrogen-bond donors (Lipinski definition) is 9. The summed E-state index contributed by atoms with van der Waals surface area (Å²) < 4.78 is 2.38. The summed E-state index contributed by atoms with van der Waals surface area (Å²) in [5.74, 6) is -1.48. The van der Waals surface area contributed by atoms with Crippen molar-refractivity contribution in [3.05, 3.63) is 230 Å². The maximum absolute atomic E-state index is 12.5. The average Bonchev–Trinajstić information content (AvgIpc) is 1.66. The Morgan fingerprint density at radius 1 is 0.443 bits per heavy atom. The van der Waals surface area contributed by atoms with Crippen molar-refractivity contribution < 1.29 is 19.5 Å². The highest BCUT2D eigenvalue weighted by molar-refractivity contribution is 9.11. The van der Waals surface area contributed by atoms with Crippen LogP contribution in [0.4, 0.5) is 22.7 Å². The maximum atomic E-state index is 12.5. The van der Waals surface area contributed by atoms with Crippen LogP contribution >= 0.6 is 47.8 Å². The van der Waals surface area contributed by atoms with E-state index < -0.39 is 5.97 Å². The van der Waals surface area contributed by atoms with Crippen molar-refractivity contribution in [2.75, 3.05) is 22.1 Å². The summed E-state index contributed by atoms with van der Waals surface area (Å²) in [5, 5.41) is 14.1. The SMILES string of the molecule is CC(=O)Nc1ccc(Br)cc1-c1nc2ccccc2[nH]c1=O.Cc1ccc(N)c(-c2nc3ccccc3[nH]c2=O)c1.Cc1ccc2nc(-c3cc(Br)ccc3N)c(=O)[nH]c2c1.O=C(O)CCCC(=O)Nc1ccc(Br)cc1-c1nc2ccccc2[nH]c1=O. The number of nitrogens with two attached hydrogens (primary N) is 2. The predicted molar refractivity (Wildman–Crippen MR) is 357 cm³/mol. The van der Waals surface area contributed by atoms with E-state index in [0.717, 1.165) is 46.6 Å². The topological polar surface area (TPSA) is 331 Å². The number of aryl methyl sites for hydroxylation is 2. The van der Waals surface area contributed by atoms with Gasteiger partial charge in [0.05, 0.1) is 55.5 Å². The van der Waals surface area contributed by atoms with E-state index in [4.69, 9.17) is 16.6 Å². The number of aromatic nitrogens is 8. The van der Waals surface area contributed by atoms with Gasteiger partial charge in [0.1, 0.15) is 22.8 Å². The maximum Gasteiger partial charge on any atom is 0.303 e. The predicted octanol–water partition coefficient (Wildman–Crippen LogP) is 12.6. The Labute approximate surface area is 525 Å². The molecule has 4 heterocycles. The number of para-hydroxylation sites is 6. The molecule has 23 heteroatoms. The van der Waals surface area contributed by atoms with Crippen molar-refractivity contribution in [3.63, 3.8) is 0 Å². The lowest BCUT2D eigenvalue weighted by Gasteiger charge is -2.11. The molecule has 2 amide bonds. The fourth-order valence-electron chi connectivity index (χ4n) is 9.07. The van der Waals surface area contributed by atoms with Gasteiger partial charge in [-0.2, -0.15) is 0 Å². The van der Waals surface area contributed by atoms with E-state index in [0.29, 0.717) is 78.5 Å². The number of carboxylic acid groups (broad SMARTS) is 1. The van der Waals surface area contributed by atoms with Crippen molar-refractivity contribution >= 4 is 132 Å². The summed E-state index contributed by atoms with van der Waals surface area (Å²) in [6.45, 7) is 5.35. The highest BCUT2D eigenvalue weighted by Crippen LogP contribution is 2.32. The molecule has 0 atom stereocenters. The first-order valence-corrected chi connectivity index (χ1v) is 29.3. The summed E-state index contributed by atoms with van der Waals surface area (Å²) in [6, 6.07) is 49.0. The van der Waals surface area contributed by atoms with E-state index in [-0.39, 0.29) is 64.7 Å². The number of amides is 2. The molecule has 11 N–H and O–H groups in total. The normalized spacial score (nSPS) is 10.8. The molecule has 0 spiro atoms. The zero-order chi connectivity index (χ0) is 62.8. The molecule has 442 valence electrons. The minimum Gasteiger partial charge on any atom is -0.481 e. The van der Waals surface area contributed by atoms with E-state index in [9.17, 15) is 33.6 Å². The third kappa shape index (κ3) is 15.4.